The zero-order valence-electron chi connectivity index (χ0n) is 19.5. The summed E-state index contributed by atoms with van der Waals surface area (Å²) in [7, 11) is 3.78. The van der Waals surface area contributed by atoms with Gasteiger partial charge >= 0.3 is 0 Å². The fourth-order valence-electron chi connectivity index (χ4n) is 3.69. The first kappa shape index (κ1) is 24.1. The Labute approximate surface area is 193 Å². The van der Waals surface area contributed by atoms with E-state index in [1.54, 1.807) is 43.3 Å². The summed E-state index contributed by atoms with van der Waals surface area (Å²) in [5.41, 5.74) is 0.600. The van der Waals surface area contributed by atoms with E-state index in [1.165, 1.54) is 4.90 Å². The van der Waals surface area contributed by atoms with E-state index in [2.05, 4.69) is 6.58 Å². The van der Waals surface area contributed by atoms with Crippen LogP contribution in [0.3, 0.4) is 0 Å². The molecule has 2 heterocycles. The van der Waals surface area contributed by atoms with Crippen LogP contribution < -0.4 is 9.47 Å². The molecular formula is C25H30N2O6. The molecule has 0 radical (unpaired) electrons. The first-order valence-electron chi connectivity index (χ1n) is 10.8. The molecule has 1 aromatic carbocycles. The van der Waals surface area contributed by atoms with Gasteiger partial charge < -0.3 is 28.8 Å². The largest absolute Gasteiger partial charge is 0.503 e. The van der Waals surface area contributed by atoms with Crippen molar-refractivity contribution in [2.45, 2.75) is 19.9 Å². The third-order valence-corrected chi connectivity index (χ3v) is 5.24. The smallest absolute Gasteiger partial charge is 0.290 e. The molecular weight excluding hydrogens is 424 g/mol. The second-order valence-corrected chi connectivity index (χ2v) is 7.94. The minimum Gasteiger partial charge on any atom is -0.503 e. The van der Waals surface area contributed by atoms with E-state index < -0.39 is 23.5 Å². The van der Waals surface area contributed by atoms with Gasteiger partial charge in [0, 0.05) is 13.1 Å². The van der Waals surface area contributed by atoms with Gasteiger partial charge in [0.15, 0.2) is 23.0 Å². The lowest BCUT2D eigenvalue weighted by Gasteiger charge is -2.28. The quantitative estimate of drug-likeness (QED) is 0.409. The monoisotopic (exact) mass is 454 g/mol. The summed E-state index contributed by atoms with van der Waals surface area (Å²) in [5.74, 6) is -0.0721. The highest BCUT2D eigenvalue weighted by Crippen LogP contribution is 2.41. The molecule has 33 heavy (non-hydrogen) atoms. The van der Waals surface area contributed by atoms with Crippen LogP contribution in [0.4, 0.5) is 0 Å². The number of hydrogen-bond donors (Lipinski definition) is 1. The second kappa shape index (κ2) is 10.4. The summed E-state index contributed by atoms with van der Waals surface area (Å²) >= 11 is 0. The van der Waals surface area contributed by atoms with Crippen molar-refractivity contribution in [3.8, 4) is 11.5 Å². The van der Waals surface area contributed by atoms with E-state index in [0.717, 1.165) is 0 Å². The van der Waals surface area contributed by atoms with E-state index in [0.29, 0.717) is 49.1 Å². The van der Waals surface area contributed by atoms with Crippen LogP contribution in [0.5, 0.6) is 11.5 Å². The van der Waals surface area contributed by atoms with Gasteiger partial charge in [-0.2, -0.15) is 0 Å². The Balaban J connectivity index is 2.09. The minimum atomic E-state index is -0.803. The molecule has 0 fully saturated rings. The Morgan fingerprint density at radius 1 is 1.24 bits per heavy atom. The van der Waals surface area contributed by atoms with Crippen molar-refractivity contribution in [2.75, 3.05) is 40.4 Å². The molecule has 3 rings (SSSR count). The molecule has 0 saturated carbocycles. The number of aliphatic hydroxyl groups excluding tert-OH is 1. The Bertz CT molecular complexity index is 1070. The number of amides is 1. The minimum absolute atomic E-state index is 0.0182. The van der Waals surface area contributed by atoms with E-state index in [9.17, 15) is 14.7 Å². The fraction of sp³-hybridized carbons (Fsp3) is 0.360. The molecule has 176 valence electrons. The van der Waals surface area contributed by atoms with Gasteiger partial charge in [0.25, 0.3) is 5.91 Å². The number of hydrogen-bond acceptors (Lipinski definition) is 7. The maximum Gasteiger partial charge on any atom is 0.290 e. The predicted molar refractivity (Wildman–Crippen MR) is 124 cm³/mol. The lowest BCUT2D eigenvalue weighted by Crippen LogP contribution is -2.36. The van der Waals surface area contributed by atoms with Crippen LogP contribution in [0.1, 0.15) is 34.8 Å². The standard InChI is InChI=1S/C25H30N2O6/c1-6-14-32-18-11-9-17(15-20(18)31-7-2)22-21(23(28)19-10-8-16(3)33-19)24(29)25(30)27(22)13-12-26(4)5/h6,8-11,15,22,29H,1,7,12-14H2,2-5H3. The summed E-state index contributed by atoms with van der Waals surface area (Å²) in [4.78, 5) is 29.8. The number of ketones is 1. The highest BCUT2D eigenvalue weighted by atomic mass is 16.5. The molecule has 0 saturated heterocycles. The maximum atomic E-state index is 13.3. The molecule has 1 aliphatic heterocycles. The van der Waals surface area contributed by atoms with Crippen LogP contribution >= 0.6 is 0 Å². The molecule has 0 aliphatic carbocycles. The zero-order chi connectivity index (χ0) is 24.1. The van der Waals surface area contributed by atoms with Crippen LogP contribution in [-0.4, -0.2) is 67.0 Å². The Hall–Kier alpha value is -3.52. The normalized spacial score (nSPS) is 16.0. The van der Waals surface area contributed by atoms with Crippen LogP contribution in [-0.2, 0) is 4.79 Å². The van der Waals surface area contributed by atoms with Crippen molar-refractivity contribution in [1.82, 2.24) is 9.80 Å². The Kier molecular flexibility index (Phi) is 7.60. The van der Waals surface area contributed by atoms with Gasteiger partial charge in [-0.3, -0.25) is 9.59 Å². The van der Waals surface area contributed by atoms with Gasteiger partial charge in [-0.1, -0.05) is 18.7 Å². The molecule has 1 unspecified atom stereocenters. The topological polar surface area (TPSA) is 92.5 Å². The fourth-order valence-corrected chi connectivity index (χ4v) is 3.69. The summed E-state index contributed by atoms with van der Waals surface area (Å²) in [6.45, 7) is 8.81. The van der Waals surface area contributed by atoms with Crippen LogP contribution in [0.25, 0.3) is 0 Å². The number of aryl methyl sites for hydroxylation is 1. The molecule has 8 heteroatoms. The molecule has 1 aliphatic rings. The third-order valence-electron chi connectivity index (χ3n) is 5.24. The number of benzene rings is 1. The number of furan rings is 1. The van der Waals surface area contributed by atoms with Crippen molar-refractivity contribution in [2.24, 2.45) is 0 Å². The van der Waals surface area contributed by atoms with Crippen LogP contribution in [0, 0.1) is 6.92 Å². The van der Waals surface area contributed by atoms with Gasteiger partial charge in [0.2, 0.25) is 5.78 Å². The number of carbonyl (C=O) groups excluding carboxylic acids is 2. The summed E-state index contributed by atoms with van der Waals surface area (Å²) < 4.78 is 16.9. The summed E-state index contributed by atoms with van der Waals surface area (Å²) in [6.07, 6.45) is 1.63. The van der Waals surface area contributed by atoms with Crippen molar-refractivity contribution in [3.05, 3.63) is 71.4 Å². The molecule has 1 atom stereocenters. The lowest BCUT2D eigenvalue weighted by atomic mass is 9.94. The van der Waals surface area contributed by atoms with E-state index in [-0.39, 0.29) is 11.3 Å². The number of ether oxygens (including phenoxy) is 2. The molecule has 1 amide bonds. The molecule has 0 bridgehead atoms. The van der Waals surface area contributed by atoms with Gasteiger partial charge in [0.1, 0.15) is 12.4 Å². The first-order chi connectivity index (χ1) is 15.8. The van der Waals surface area contributed by atoms with Gasteiger partial charge in [0.05, 0.1) is 18.2 Å². The summed E-state index contributed by atoms with van der Waals surface area (Å²) in [6, 6.07) is 7.64. The lowest BCUT2D eigenvalue weighted by molar-refractivity contribution is -0.129. The average Bonchev–Trinajstić information content (AvgIpc) is 3.32. The van der Waals surface area contributed by atoms with Crippen molar-refractivity contribution in [3.63, 3.8) is 0 Å². The molecule has 1 N–H and O–H groups in total. The van der Waals surface area contributed by atoms with Crippen molar-refractivity contribution < 1.29 is 28.6 Å². The zero-order valence-corrected chi connectivity index (χ0v) is 19.5. The SMILES string of the molecule is C=CCOc1ccc(C2C(C(=O)c3ccc(C)o3)=C(O)C(=O)N2CCN(C)C)cc1OCC. The van der Waals surface area contributed by atoms with Crippen LogP contribution in [0.2, 0.25) is 0 Å². The van der Waals surface area contributed by atoms with Gasteiger partial charge in [-0.15, -0.1) is 0 Å². The molecule has 0 spiro atoms. The second-order valence-electron chi connectivity index (χ2n) is 7.94. The number of likely N-dealkylation sites (N-methyl/N-ethyl adjacent to an activating group) is 1. The number of aliphatic hydroxyl groups is 1. The first-order valence-corrected chi connectivity index (χ1v) is 10.8. The highest BCUT2D eigenvalue weighted by Gasteiger charge is 2.44. The number of carbonyl (C=O) groups is 2. The highest BCUT2D eigenvalue weighted by molar-refractivity contribution is 6.15. The van der Waals surface area contributed by atoms with Crippen LogP contribution in [0.15, 0.2) is 58.7 Å². The number of nitrogens with zero attached hydrogens (tertiary/aromatic N) is 2. The van der Waals surface area contributed by atoms with E-state index in [4.69, 9.17) is 13.9 Å². The number of rotatable bonds is 11. The van der Waals surface area contributed by atoms with Crippen molar-refractivity contribution in [1.29, 1.82) is 0 Å². The molecule has 1 aromatic heterocycles. The Morgan fingerprint density at radius 2 is 2.00 bits per heavy atom. The predicted octanol–water partition coefficient (Wildman–Crippen LogP) is 3.69. The maximum absolute atomic E-state index is 13.3. The van der Waals surface area contributed by atoms with E-state index in [1.807, 2.05) is 25.9 Å². The average molecular weight is 455 g/mol. The number of Topliss-reactive ketones (excluding diaryl/α,β-unsaturated/α-hetero) is 1. The van der Waals surface area contributed by atoms with Crippen molar-refractivity contribution >= 4 is 11.7 Å². The third kappa shape index (κ3) is 5.12. The Morgan fingerprint density at radius 3 is 2.61 bits per heavy atom. The summed E-state index contributed by atoms with van der Waals surface area (Å²) in [5, 5.41) is 10.8. The molecule has 8 nitrogen and oxygen atoms in total. The van der Waals surface area contributed by atoms with Gasteiger partial charge in [-0.05, 0) is 57.8 Å². The van der Waals surface area contributed by atoms with E-state index >= 15 is 0 Å². The van der Waals surface area contributed by atoms with Gasteiger partial charge in [-0.25, -0.2) is 0 Å². The molecule has 2 aromatic rings.